The van der Waals surface area contributed by atoms with Crippen molar-refractivity contribution < 1.29 is 5.11 Å². The standard InChI is InChI=1S/C10H15NO/c1-3-4-10(12)9-5-8(2)6-11-7-9/h5-7,10,12H,3-4H2,1-2H3. The first-order chi connectivity index (χ1) is 5.74. The van der Waals surface area contributed by atoms with Crippen molar-refractivity contribution in [2.24, 2.45) is 0 Å². The third kappa shape index (κ3) is 2.31. The van der Waals surface area contributed by atoms with Crippen molar-refractivity contribution in [3.8, 4) is 0 Å². The van der Waals surface area contributed by atoms with Gasteiger partial charge in [0.25, 0.3) is 0 Å². The average molecular weight is 165 g/mol. The summed E-state index contributed by atoms with van der Waals surface area (Å²) >= 11 is 0. The van der Waals surface area contributed by atoms with Gasteiger partial charge in [0.1, 0.15) is 0 Å². The van der Waals surface area contributed by atoms with Crippen LogP contribution in [0, 0.1) is 6.92 Å². The summed E-state index contributed by atoms with van der Waals surface area (Å²) in [6.07, 6.45) is 4.98. The molecule has 1 aromatic heterocycles. The second-order valence-corrected chi connectivity index (χ2v) is 3.10. The van der Waals surface area contributed by atoms with Gasteiger partial charge in [-0.25, -0.2) is 0 Å². The number of aromatic nitrogens is 1. The highest BCUT2D eigenvalue weighted by atomic mass is 16.3. The molecule has 2 heteroatoms. The van der Waals surface area contributed by atoms with E-state index in [0.29, 0.717) is 0 Å². The molecule has 0 radical (unpaired) electrons. The molecule has 1 heterocycles. The van der Waals surface area contributed by atoms with Gasteiger partial charge in [-0.3, -0.25) is 4.98 Å². The molecule has 0 bridgehead atoms. The van der Waals surface area contributed by atoms with Crippen LogP contribution in [0.1, 0.15) is 37.0 Å². The van der Waals surface area contributed by atoms with Gasteiger partial charge in [0.15, 0.2) is 0 Å². The number of nitrogens with zero attached hydrogens (tertiary/aromatic N) is 1. The zero-order valence-corrected chi connectivity index (χ0v) is 7.62. The summed E-state index contributed by atoms with van der Waals surface area (Å²) in [5.74, 6) is 0. The van der Waals surface area contributed by atoms with E-state index in [9.17, 15) is 5.11 Å². The van der Waals surface area contributed by atoms with Crippen molar-refractivity contribution in [3.05, 3.63) is 29.6 Å². The normalized spacial score (nSPS) is 12.9. The van der Waals surface area contributed by atoms with Crippen LogP contribution in [0.15, 0.2) is 18.5 Å². The molecule has 1 N–H and O–H groups in total. The molecule has 1 atom stereocenters. The smallest absolute Gasteiger partial charge is 0.0804 e. The molecular formula is C10H15NO. The number of rotatable bonds is 3. The Morgan fingerprint density at radius 1 is 1.50 bits per heavy atom. The molecule has 0 aliphatic rings. The Hall–Kier alpha value is -0.890. The Labute approximate surface area is 73.3 Å². The Morgan fingerprint density at radius 3 is 2.83 bits per heavy atom. The minimum atomic E-state index is -0.345. The number of aliphatic hydroxyl groups excluding tert-OH is 1. The van der Waals surface area contributed by atoms with Crippen LogP contribution in [-0.2, 0) is 0 Å². The van der Waals surface area contributed by atoms with E-state index in [-0.39, 0.29) is 6.10 Å². The molecular weight excluding hydrogens is 150 g/mol. The van der Waals surface area contributed by atoms with Gasteiger partial charge in [0.05, 0.1) is 6.10 Å². The molecule has 0 saturated carbocycles. The summed E-state index contributed by atoms with van der Waals surface area (Å²) in [6.45, 7) is 4.04. The van der Waals surface area contributed by atoms with Crippen LogP contribution in [0.25, 0.3) is 0 Å². The lowest BCUT2D eigenvalue weighted by molar-refractivity contribution is 0.166. The van der Waals surface area contributed by atoms with Crippen LogP contribution >= 0.6 is 0 Å². The fourth-order valence-electron chi connectivity index (χ4n) is 1.20. The van der Waals surface area contributed by atoms with Crippen molar-refractivity contribution in [2.75, 3.05) is 0 Å². The molecule has 0 amide bonds. The maximum atomic E-state index is 9.60. The molecule has 66 valence electrons. The molecule has 0 spiro atoms. The van der Waals surface area contributed by atoms with E-state index in [1.54, 1.807) is 12.4 Å². The van der Waals surface area contributed by atoms with Gasteiger partial charge < -0.3 is 5.11 Å². The predicted octanol–water partition coefficient (Wildman–Crippen LogP) is 2.22. The van der Waals surface area contributed by atoms with E-state index in [4.69, 9.17) is 0 Å². The van der Waals surface area contributed by atoms with Crippen LogP contribution in [0.2, 0.25) is 0 Å². The van der Waals surface area contributed by atoms with Gasteiger partial charge in [0, 0.05) is 12.4 Å². The van der Waals surface area contributed by atoms with Crippen LogP contribution in [0.5, 0.6) is 0 Å². The van der Waals surface area contributed by atoms with Gasteiger partial charge in [-0.1, -0.05) is 19.4 Å². The molecule has 0 fully saturated rings. The third-order valence-corrected chi connectivity index (χ3v) is 1.84. The minimum Gasteiger partial charge on any atom is -0.388 e. The first-order valence-electron chi connectivity index (χ1n) is 4.33. The first kappa shape index (κ1) is 9.20. The summed E-state index contributed by atoms with van der Waals surface area (Å²) in [4.78, 5) is 4.03. The van der Waals surface area contributed by atoms with Crippen LogP contribution in [0.3, 0.4) is 0 Å². The summed E-state index contributed by atoms with van der Waals surface area (Å²) < 4.78 is 0. The minimum absolute atomic E-state index is 0.345. The molecule has 1 aromatic rings. The molecule has 0 aliphatic carbocycles. The van der Waals surface area contributed by atoms with Crippen molar-refractivity contribution in [3.63, 3.8) is 0 Å². The van der Waals surface area contributed by atoms with Gasteiger partial charge in [-0.2, -0.15) is 0 Å². The molecule has 12 heavy (non-hydrogen) atoms. The highest BCUT2D eigenvalue weighted by Crippen LogP contribution is 2.17. The maximum absolute atomic E-state index is 9.60. The Kier molecular flexibility index (Phi) is 3.23. The van der Waals surface area contributed by atoms with Crippen molar-refractivity contribution >= 4 is 0 Å². The fraction of sp³-hybridized carbons (Fsp3) is 0.500. The van der Waals surface area contributed by atoms with Crippen molar-refractivity contribution in [2.45, 2.75) is 32.8 Å². The average Bonchev–Trinajstić information content (AvgIpc) is 2.05. The predicted molar refractivity (Wildman–Crippen MR) is 48.8 cm³/mol. The van der Waals surface area contributed by atoms with E-state index < -0.39 is 0 Å². The van der Waals surface area contributed by atoms with Crippen LogP contribution in [-0.4, -0.2) is 10.1 Å². The third-order valence-electron chi connectivity index (χ3n) is 1.84. The lowest BCUT2D eigenvalue weighted by Crippen LogP contribution is -1.97. The summed E-state index contributed by atoms with van der Waals surface area (Å²) in [6, 6.07) is 1.98. The first-order valence-corrected chi connectivity index (χ1v) is 4.33. The Bertz CT molecular complexity index is 247. The van der Waals surface area contributed by atoms with Gasteiger partial charge in [-0.15, -0.1) is 0 Å². The van der Waals surface area contributed by atoms with Gasteiger partial charge in [-0.05, 0) is 24.5 Å². The Morgan fingerprint density at radius 2 is 2.25 bits per heavy atom. The summed E-state index contributed by atoms with van der Waals surface area (Å²) in [5, 5.41) is 9.60. The number of aliphatic hydroxyl groups is 1. The summed E-state index contributed by atoms with van der Waals surface area (Å²) in [5.41, 5.74) is 2.03. The molecule has 1 rings (SSSR count). The van der Waals surface area contributed by atoms with Gasteiger partial charge >= 0.3 is 0 Å². The summed E-state index contributed by atoms with van der Waals surface area (Å²) in [7, 11) is 0. The molecule has 2 nitrogen and oxygen atoms in total. The van der Waals surface area contributed by atoms with Gasteiger partial charge in [0.2, 0.25) is 0 Å². The van der Waals surface area contributed by atoms with E-state index >= 15 is 0 Å². The zero-order chi connectivity index (χ0) is 8.97. The largest absolute Gasteiger partial charge is 0.388 e. The fourth-order valence-corrected chi connectivity index (χ4v) is 1.20. The van der Waals surface area contributed by atoms with E-state index in [0.717, 1.165) is 24.0 Å². The number of aryl methyl sites for hydroxylation is 1. The van der Waals surface area contributed by atoms with Crippen molar-refractivity contribution in [1.82, 2.24) is 4.98 Å². The lowest BCUT2D eigenvalue weighted by Gasteiger charge is -2.08. The maximum Gasteiger partial charge on any atom is 0.0804 e. The Balaban J connectivity index is 2.73. The number of hydrogen-bond acceptors (Lipinski definition) is 2. The highest BCUT2D eigenvalue weighted by molar-refractivity contribution is 5.18. The second kappa shape index (κ2) is 4.21. The van der Waals surface area contributed by atoms with Crippen molar-refractivity contribution in [1.29, 1.82) is 0 Å². The topological polar surface area (TPSA) is 33.1 Å². The SMILES string of the molecule is CCCC(O)c1cncc(C)c1. The quantitative estimate of drug-likeness (QED) is 0.745. The molecule has 0 saturated heterocycles. The molecule has 0 aromatic carbocycles. The monoisotopic (exact) mass is 165 g/mol. The zero-order valence-electron chi connectivity index (χ0n) is 7.62. The highest BCUT2D eigenvalue weighted by Gasteiger charge is 2.05. The molecule has 0 aliphatic heterocycles. The molecule has 1 unspecified atom stereocenters. The van der Waals surface area contributed by atoms with Crippen LogP contribution in [0.4, 0.5) is 0 Å². The van der Waals surface area contributed by atoms with Crippen LogP contribution < -0.4 is 0 Å². The van der Waals surface area contributed by atoms with E-state index in [1.165, 1.54) is 0 Å². The number of pyridine rings is 1. The van der Waals surface area contributed by atoms with E-state index in [2.05, 4.69) is 11.9 Å². The van der Waals surface area contributed by atoms with E-state index in [1.807, 2.05) is 13.0 Å². The lowest BCUT2D eigenvalue weighted by atomic mass is 10.1. The number of hydrogen-bond donors (Lipinski definition) is 1. The second-order valence-electron chi connectivity index (χ2n) is 3.10.